The number of rotatable bonds is 4. The molecule has 4 heterocycles. The lowest BCUT2D eigenvalue weighted by atomic mass is 10.1. The molecule has 0 spiro atoms. The SMILES string of the molecule is Cc1ccc(-c2csc3nc(CSc4nc5nc(C)cc(C)n5n4)[nH]c(=O)c23)cc1. The van der Waals surface area contributed by atoms with Gasteiger partial charge in [0.2, 0.25) is 5.16 Å². The van der Waals surface area contributed by atoms with Crippen LogP contribution < -0.4 is 5.56 Å². The molecular weight excluding hydrogens is 416 g/mol. The molecule has 5 rings (SSSR count). The van der Waals surface area contributed by atoms with E-state index in [4.69, 9.17) is 0 Å². The minimum Gasteiger partial charge on any atom is -0.309 e. The van der Waals surface area contributed by atoms with Crippen molar-refractivity contribution in [3.8, 4) is 11.1 Å². The third-order valence-electron chi connectivity index (χ3n) is 4.79. The molecule has 1 aromatic carbocycles. The summed E-state index contributed by atoms with van der Waals surface area (Å²) in [5.41, 5.74) is 4.89. The highest BCUT2D eigenvalue weighted by molar-refractivity contribution is 7.98. The van der Waals surface area contributed by atoms with Crippen LogP contribution in [0.2, 0.25) is 0 Å². The fraction of sp³-hybridized carbons (Fsp3) is 0.190. The van der Waals surface area contributed by atoms with Gasteiger partial charge in [-0.25, -0.2) is 14.5 Å². The Bertz CT molecular complexity index is 1450. The lowest BCUT2D eigenvalue weighted by Crippen LogP contribution is -2.10. The van der Waals surface area contributed by atoms with Crippen LogP contribution in [0.4, 0.5) is 0 Å². The van der Waals surface area contributed by atoms with Crippen LogP contribution in [0.15, 0.2) is 45.7 Å². The molecule has 0 bridgehead atoms. The molecule has 0 aliphatic carbocycles. The Hall–Kier alpha value is -3.04. The quantitative estimate of drug-likeness (QED) is 0.424. The summed E-state index contributed by atoms with van der Waals surface area (Å²) in [7, 11) is 0. The van der Waals surface area contributed by atoms with Gasteiger partial charge in [0.15, 0.2) is 0 Å². The minimum atomic E-state index is -0.122. The van der Waals surface area contributed by atoms with E-state index in [-0.39, 0.29) is 5.56 Å². The zero-order valence-electron chi connectivity index (χ0n) is 16.6. The number of nitrogens with zero attached hydrogens (tertiary/aromatic N) is 5. The molecule has 0 radical (unpaired) electrons. The molecule has 7 nitrogen and oxygen atoms in total. The number of fused-ring (bicyclic) bond motifs is 2. The van der Waals surface area contributed by atoms with Gasteiger partial charge in [-0.15, -0.1) is 16.4 Å². The summed E-state index contributed by atoms with van der Waals surface area (Å²) < 4.78 is 1.72. The van der Waals surface area contributed by atoms with Crippen LogP contribution in [0.1, 0.15) is 22.8 Å². The molecule has 0 unspecified atom stereocenters. The number of hydrogen-bond acceptors (Lipinski definition) is 7. The predicted molar refractivity (Wildman–Crippen MR) is 120 cm³/mol. The van der Waals surface area contributed by atoms with E-state index in [2.05, 4.69) is 25.0 Å². The monoisotopic (exact) mass is 434 g/mol. The fourth-order valence-corrected chi connectivity index (χ4v) is 5.00. The lowest BCUT2D eigenvalue weighted by Gasteiger charge is -2.02. The maximum Gasteiger partial charge on any atom is 0.260 e. The first-order valence-electron chi connectivity index (χ1n) is 9.39. The highest BCUT2D eigenvalue weighted by Crippen LogP contribution is 2.31. The zero-order chi connectivity index (χ0) is 20.8. The number of aromatic nitrogens is 6. The van der Waals surface area contributed by atoms with Crippen LogP contribution in [0.25, 0.3) is 27.1 Å². The third kappa shape index (κ3) is 3.40. The van der Waals surface area contributed by atoms with Crippen molar-refractivity contribution in [1.29, 1.82) is 0 Å². The fourth-order valence-electron chi connectivity index (χ4n) is 3.35. The van der Waals surface area contributed by atoms with Crippen molar-refractivity contribution >= 4 is 39.1 Å². The number of aryl methyl sites for hydroxylation is 3. The van der Waals surface area contributed by atoms with E-state index in [1.165, 1.54) is 28.7 Å². The maximum atomic E-state index is 12.8. The highest BCUT2D eigenvalue weighted by atomic mass is 32.2. The lowest BCUT2D eigenvalue weighted by molar-refractivity contribution is 0.842. The van der Waals surface area contributed by atoms with E-state index in [1.807, 2.05) is 56.5 Å². The van der Waals surface area contributed by atoms with Gasteiger partial charge in [-0.3, -0.25) is 4.79 Å². The normalized spacial score (nSPS) is 11.6. The molecule has 0 aliphatic heterocycles. The van der Waals surface area contributed by atoms with E-state index in [0.717, 1.165) is 27.3 Å². The number of hydrogen-bond donors (Lipinski definition) is 1. The van der Waals surface area contributed by atoms with Crippen LogP contribution >= 0.6 is 23.1 Å². The van der Waals surface area contributed by atoms with E-state index in [1.54, 1.807) is 4.52 Å². The van der Waals surface area contributed by atoms with Gasteiger partial charge in [-0.2, -0.15) is 4.98 Å². The molecule has 0 saturated carbocycles. The van der Waals surface area contributed by atoms with Gasteiger partial charge in [0.25, 0.3) is 11.3 Å². The second-order valence-corrected chi connectivity index (χ2v) is 8.94. The Labute approximate surface area is 180 Å². The summed E-state index contributed by atoms with van der Waals surface area (Å²) in [6.45, 7) is 5.95. The van der Waals surface area contributed by atoms with Gasteiger partial charge in [0, 0.05) is 22.3 Å². The zero-order valence-corrected chi connectivity index (χ0v) is 18.3. The molecule has 0 amide bonds. The Balaban J connectivity index is 1.44. The first-order chi connectivity index (χ1) is 14.5. The van der Waals surface area contributed by atoms with Crippen molar-refractivity contribution in [3.05, 3.63) is 68.8 Å². The van der Waals surface area contributed by atoms with Gasteiger partial charge in [0.1, 0.15) is 10.7 Å². The number of thiophene rings is 1. The number of benzene rings is 1. The molecule has 9 heteroatoms. The van der Waals surface area contributed by atoms with Crippen molar-refractivity contribution in [1.82, 2.24) is 29.5 Å². The van der Waals surface area contributed by atoms with Crippen LogP contribution in [-0.2, 0) is 5.75 Å². The van der Waals surface area contributed by atoms with E-state index >= 15 is 0 Å². The van der Waals surface area contributed by atoms with Gasteiger partial charge >= 0.3 is 0 Å². The molecule has 4 aromatic heterocycles. The maximum absolute atomic E-state index is 12.8. The van der Waals surface area contributed by atoms with Crippen LogP contribution in [0.5, 0.6) is 0 Å². The highest BCUT2D eigenvalue weighted by Gasteiger charge is 2.14. The van der Waals surface area contributed by atoms with Gasteiger partial charge in [-0.1, -0.05) is 41.6 Å². The summed E-state index contributed by atoms with van der Waals surface area (Å²) in [5.74, 6) is 1.65. The summed E-state index contributed by atoms with van der Waals surface area (Å²) >= 11 is 2.91. The standard InChI is InChI=1S/C21H18N6OS2/c1-11-4-6-14(7-5-11)15-9-29-19-17(15)18(28)23-16(24-19)10-30-21-25-20-22-12(2)8-13(3)27(20)26-21/h4-9H,10H2,1-3H3,(H,23,24,28). The average molecular weight is 435 g/mol. The molecule has 0 fully saturated rings. The van der Waals surface area contributed by atoms with E-state index in [0.29, 0.717) is 27.9 Å². The number of nitrogens with one attached hydrogen (secondary N) is 1. The topological polar surface area (TPSA) is 88.8 Å². The van der Waals surface area contributed by atoms with Crippen LogP contribution in [-0.4, -0.2) is 29.5 Å². The van der Waals surface area contributed by atoms with E-state index < -0.39 is 0 Å². The minimum absolute atomic E-state index is 0.122. The van der Waals surface area contributed by atoms with Crippen LogP contribution in [0, 0.1) is 20.8 Å². The van der Waals surface area contributed by atoms with Crippen LogP contribution in [0.3, 0.4) is 0 Å². The molecule has 150 valence electrons. The second kappa shape index (κ2) is 7.33. The molecule has 30 heavy (non-hydrogen) atoms. The molecule has 0 aliphatic rings. The Morgan fingerprint density at radius 2 is 1.90 bits per heavy atom. The summed E-state index contributed by atoms with van der Waals surface area (Å²) in [4.78, 5) is 30.0. The molecular formula is C21H18N6OS2. The summed E-state index contributed by atoms with van der Waals surface area (Å²) in [6, 6.07) is 10.1. The average Bonchev–Trinajstić information content (AvgIpc) is 3.31. The van der Waals surface area contributed by atoms with Gasteiger partial charge in [0.05, 0.1) is 11.1 Å². The summed E-state index contributed by atoms with van der Waals surface area (Å²) in [5, 5.41) is 7.73. The Morgan fingerprint density at radius 3 is 2.70 bits per heavy atom. The number of thioether (sulfide) groups is 1. The first-order valence-corrected chi connectivity index (χ1v) is 11.3. The molecule has 1 N–H and O–H groups in total. The number of aromatic amines is 1. The first kappa shape index (κ1) is 19.0. The second-order valence-electron chi connectivity index (χ2n) is 7.14. The van der Waals surface area contributed by atoms with Crippen molar-refractivity contribution < 1.29 is 0 Å². The van der Waals surface area contributed by atoms with Crippen molar-refractivity contribution in [2.75, 3.05) is 0 Å². The van der Waals surface area contributed by atoms with Crippen molar-refractivity contribution in [3.63, 3.8) is 0 Å². The van der Waals surface area contributed by atoms with E-state index in [9.17, 15) is 4.79 Å². The van der Waals surface area contributed by atoms with Gasteiger partial charge < -0.3 is 4.98 Å². The Kier molecular flexibility index (Phi) is 4.63. The van der Waals surface area contributed by atoms with Gasteiger partial charge in [-0.05, 0) is 32.4 Å². The molecule has 5 aromatic rings. The Morgan fingerprint density at radius 1 is 1.10 bits per heavy atom. The summed E-state index contributed by atoms with van der Waals surface area (Å²) in [6.07, 6.45) is 0. The molecule has 0 atom stereocenters. The third-order valence-corrected chi connectivity index (χ3v) is 6.51. The predicted octanol–water partition coefficient (Wildman–Crippen LogP) is 4.31. The van der Waals surface area contributed by atoms with Crippen molar-refractivity contribution in [2.24, 2.45) is 0 Å². The number of H-pyrrole nitrogens is 1. The smallest absolute Gasteiger partial charge is 0.260 e. The molecule has 0 saturated heterocycles. The largest absolute Gasteiger partial charge is 0.309 e. The van der Waals surface area contributed by atoms with Crippen molar-refractivity contribution in [2.45, 2.75) is 31.7 Å².